The van der Waals surface area contributed by atoms with E-state index < -0.39 is 6.10 Å². The first-order valence-electron chi connectivity index (χ1n) is 23.8. The molecule has 1 atom stereocenters. The normalized spacial score (nSPS) is 12.5. The van der Waals surface area contributed by atoms with Gasteiger partial charge in [-0.25, -0.2) is 0 Å². The molecule has 0 aliphatic rings. The maximum Gasteiger partial charge on any atom is 0.306 e. The number of unbranched alkanes of at least 4 members (excludes halogenated alkanes) is 23. The van der Waals surface area contributed by atoms with Crippen molar-refractivity contribution >= 4 is 17.9 Å². The molecule has 328 valence electrons. The van der Waals surface area contributed by atoms with Crippen LogP contribution in [-0.2, 0) is 28.6 Å². The van der Waals surface area contributed by atoms with Crippen LogP contribution in [0.1, 0.15) is 226 Å². The van der Waals surface area contributed by atoms with Crippen LogP contribution in [0.2, 0.25) is 0 Å². The lowest BCUT2D eigenvalue weighted by atomic mass is 10.1. The van der Waals surface area contributed by atoms with Gasteiger partial charge in [-0.2, -0.15) is 0 Å². The van der Waals surface area contributed by atoms with Gasteiger partial charge in [0.15, 0.2) is 6.10 Å². The van der Waals surface area contributed by atoms with Crippen molar-refractivity contribution in [3.63, 3.8) is 0 Å². The average Bonchev–Trinajstić information content (AvgIpc) is 3.21. The Labute approximate surface area is 351 Å². The summed E-state index contributed by atoms with van der Waals surface area (Å²) in [5, 5.41) is 0. The van der Waals surface area contributed by atoms with E-state index in [1.54, 1.807) is 0 Å². The lowest BCUT2D eigenvalue weighted by molar-refractivity contribution is -0.167. The van der Waals surface area contributed by atoms with Gasteiger partial charge in [-0.05, 0) is 83.5 Å². The van der Waals surface area contributed by atoms with Crippen LogP contribution in [0, 0.1) is 0 Å². The van der Waals surface area contributed by atoms with E-state index in [0.717, 1.165) is 89.9 Å². The predicted molar refractivity (Wildman–Crippen MR) is 242 cm³/mol. The molecule has 0 bridgehead atoms. The van der Waals surface area contributed by atoms with Gasteiger partial charge in [0.25, 0.3) is 0 Å². The SMILES string of the molecule is CC\C=C/C=C\C=C/CCCCCCCCCC(=O)OCC(COC(=O)CCCCCCC/C=C\CCCC)OC(=O)CCCCC/C=C\CCCCCCCC. The van der Waals surface area contributed by atoms with Crippen LogP contribution < -0.4 is 0 Å². The van der Waals surface area contributed by atoms with E-state index in [1.165, 1.54) is 96.3 Å². The van der Waals surface area contributed by atoms with Crippen molar-refractivity contribution in [2.45, 2.75) is 232 Å². The van der Waals surface area contributed by atoms with Crippen molar-refractivity contribution in [3.8, 4) is 0 Å². The second kappa shape index (κ2) is 45.8. The van der Waals surface area contributed by atoms with Crippen LogP contribution in [-0.4, -0.2) is 37.2 Å². The van der Waals surface area contributed by atoms with E-state index in [1.807, 2.05) is 0 Å². The van der Waals surface area contributed by atoms with Crippen LogP contribution in [0.15, 0.2) is 60.8 Å². The van der Waals surface area contributed by atoms with E-state index in [2.05, 4.69) is 81.5 Å². The zero-order chi connectivity index (χ0) is 41.5. The highest BCUT2D eigenvalue weighted by Gasteiger charge is 2.19. The molecule has 0 heterocycles. The summed E-state index contributed by atoms with van der Waals surface area (Å²) < 4.78 is 16.7. The molecule has 0 spiro atoms. The highest BCUT2D eigenvalue weighted by molar-refractivity contribution is 5.71. The van der Waals surface area contributed by atoms with Crippen LogP contribution in [0.4, 0.5) is 0 Å². The van der Waals surface area contributed by atoms with Crippen molar-refractivity contribution in [1.82, 2.24) is 0 Å². The smallest absolute Gasteiger partial charge is 0.306 e. The van der Waals surface area contributed by atoms with Crippen LogP contribution >= 0.6 is 0 Å². The third-order valence-corrected chi connectivity index (χ3v) is 10.0. The summed E-state index contributed by atoms with van der Waals surface area (Å²) >= 11 is 0. The maximum absolute atomic E-state index is 12.7. The number of esters is 3. The van der Waals surface area contributed by atoms with Gasteiger partial charge in [0.05, 0.1) is 0 Å². The second-order valence-corrected chi connectivity index (χ2v) is 15.7. The van der Waals surface area contributed by atoms with Gasteiger partial charge in [-0.3, -0.25) is 14.4 Å². The predicted octanol–water partition coefficient (Wildman–Crippen LogP) is 15.3. The van der Waals surface area contributed by atoms with Crippen molar-refractivity contribution < 1.29 is 28.6 Å². The Hall–Kier alpha value is -2.89. The van der Waals surface area contributed by atoms with Gasteiger partial charge in [-0.15, -0.1) is 0 Å². The molecule has 0 aliphatic carbocycles. The minimum atomic E-state index is -0.788. The first-order chi connectivity index (χ1) is 28.0. The monoisotopic (exact) mass is 797 g/mol. The van der Waals surface area contributed by atoms with Crippen LogP contribution in [0.25, 0.3) is 0 Å². The Morgan fingerprint density at radius 1 is 0.368 bits per heavy atom. The van der Waals surface area contributed by atoms with Gasteiger partial charge >= 0.3 is 17.9 Å². The number of hydrogen-bond acceptors (Lipinski definition) is 6. The summed E-state index contributed by atoms with van der Waals surface area (Å²) in [6.45, 7) is 6.42. The molecule has 0 fully saturated rings. The van der Waals surface area contributed by atoms with Crippen molar-refractivity contribution in [1.29, 1.82) is 0 Å². The Balaban J connectivity index is 4.42. The molecule has 0 rings (SSSR count). The Morgan fingerprint density at radius 2 is 0.719 bits per heavy atom. The van der Waals surface area contributed by atoms with Gasteiger partial charge in [0, 0.05) is 19.3 Å². The van der Waals surface area contributed by atoms with Crippen LogP contribution in [0.5, 0.6) is 0 Å². The zero-order valence-corrected chi connectivity index (χ0v) is 37.3. The van der Waals surface area contributed by atoms with E-state index in [9.17, 15) is 14.4 Å². The number of ether oxygens (including phenoxy) is 3. The summed E-state index contributed by atoms with van der Waals surface area (Å²) in [6, 6.07) is 0. The average molecular weight is 797 g/mol. The number of allylic oxidation sites excluding steroid dienone is 10. The molecule has 0 aromatic carbocycles. The molecule has 0 N–H and O–H groups in total. The molecule has 0 aliphatic heterocycles. The molecular weight excluding hydrogens is 709 g/mol. The maximum atomic E-state index is 12.7. The van der Waals surface area contributed by atoms with E-state index in [0.29, 0.717) is 19.3 Å². The number of hydrogen-bond donors (Lipinski definition) is 0. The molecular formula is C51H88O6. The molecule has 57 heavy (non-hydrogen) atoms. The largest absolute Gasteiger partial charge is 0.462 e. The van der Waals surface area contributed by atoms with Gasteiger partial charge in [-0.1, -0.05) is 184 Å². The first-order valence-corrected chi connectivity index (χ1v) is 23.8. The molecule has 0 aromatic heterocycles. The summed E-state index contributed by atoms with van der Waals surface area (Å²) in [6.07, 6.45) is 54.8. The van der Waals surface area contributed by atoms with E-state index in [-0.39, 0.29) is 31.1 Å². The molecule has 0 aromatic rings. The summed E-state index contributed by atoms with van der Waals surface area (Å²) in [7, 11) is 0. The Morgan fingerprint density at radius 3 is 1.18 bits per heavy atom. The summed E-state index contributed by atoms with van der Waals surface area (Å²) in [5.74, 6) is -0.928. The fraction of sp³-hybridized carbons (Fsp3) is 0.745. The molecule has 6 heteroatoms. The Bertz CT molecular complexity index is 1050. The van der Waals surface area contributed by atoms with Crippen molar-refractivity contribution in [3.05, 3.63) is 60.8 Å². The standard InChI is InChI=1S/C51H88O6/c1-4-7-10-13-16-19-22-24-25-27-29-32-35-38-41-44-50(53)56-47-48(46-55-49(52)43-40-37-34-31-28-21-18-15-12-9-6-3)57-51(54)45-42-39-36-33-30-26-23-20-17-14-11-8-5-2/h7,10,13,15-16,18-19,22,26,30,48H,4-6,8-9,11-12,14,17,20-21,23-25,27-29,31-47H2,1-3H3/b10-7-,16-13-,18-15-,22-19-,30-26-. The fourth-order valence-corrected chi connectivity index (χ4v) is 6.42. The first kappa shape index (κ1) is 54.1. The number of carbonyl (C=O) groups is 3. The van der Waals surface area contributed by atoms with E-state index >= 15 is 0 Å². The summed E-state index contributed by atoms with van der Waals surface area (Å²) in [5.41, 5.74) is 0. The number of carbonyl (C=O) groups excluding carboxylic acids is 3. The topological polar surface area (TPSA) is 78.9 Å². The van der Waals surface area contributed by atoms with Crippen molar-refractivity contribution in [2.75, 3.05) is 13.2 Å². The quantitative estimate of drug-likeness (QED) is 0.0201. The molecule has 0 saturated carbocycles. The molecule has 0 amide bonds. The number of rotatable bonds is 42. The van der Waals surface area contributed by atoms with Gasteiger partial charge < -0.3 is 14.2 Å². The fourth-order valence-electron chi connectivity index (χ4n) is 6.42. The molecule has 0 radical (unpaired) electrons. The third kappa shape index (κ3) is 44.1. The lowest BCUT2D eigenvalue weighted by Crippen LogP contribution is -2.30. The molecule has 6 nitrogen and oxygen atoms in total. The highest BCUT2D eigenvalue weighted by atomic mass is 16.6. The second-order valence-electron chi connectivity index (χ2n) is 15.7. The van der Waals surface area contributed by atoms with Crippen LogP contribution in [0.3, 0.4) is 0 Å². The minimum absolute atomic E-state index is 0.0889. The summed E-state index contributed by atoms with van der Waals surface area (Å²) in [4.78, 5) is 37.8. The zero-order valence-electron chi connectivity index (χ0n) is 37.3. The van der Waals surface area contributed by atoms with Crippen molar-refractivity contribution in [2.24, 2.45) is 0 Å². The van der Waals surface area contributed by atoms with E-state index in [4.69, 9.17) is 14.2 Å². The highest BCUT2D eigenvalue weighted by Crippen LogP contribution is 2.13. The Kier molecular flexibility index (Phi) is 43.5. The molecule has 1 unspecified atom stereocenters. The molecule has 0 saturated heterocycles. The third-order valence-electron chi connectivity index (χ3n) is 10.0. The van der Waals surface area contributed by atoms with Gasteiger partial charge in [0.1, 0.15) is 13.2 Å². The minimum Gasteiger partial charge on any atom is -0.462 e. The lowest BCUT2D eigenvalue weighted by Gasteiger charge is -2.18. The van der Waals surface area contributed by atoms with Gasteiger partial charge in [0.2, 0.25) is 0 Å².